The zero-order chi connectivity index (χ0) is 14.7. The summed E-state index contributed by atoms with van der Waals surface area (Å²) in [5.74, 6) is 1.02. The summed E-state index contributed by atoms with van der Waals surface area (Å²) in [6, 6.07) is 0.384. The number of nitrogen functional groups attached to an aromatic ring is 1. The Bertz CT molecular complexity index is 494. The van der Waals surface area contributed by atoms with Gasteiger partial charge in [0.05, 0.1) is 4.92 Å². The van der Waals surface area contributed by atoms with Crippen molar-refractivity contribution in [3.8, 4) is 0 Å². The molecule has 2 atom stereocenters. The van der Waals surface area contributed by atoms with E-state index in [4.69, 9.17) is 5.73 Å². The van der Waals surface area contributed by atoms with Gasteiger partial charge in [-0.15, -0.1) is 0 Å². The number of hydrogen-bond acceptors (Lipinski definition) is 6. The van der Waals surface area contributed by atoms with E-state index in [9.17, 15) is 10.1 Å². The Kier molecular flexibility index (Phi) is 4.36. The zero-order valence-corrected chi connectivity index (χ0v) is 12.0. The first-order valence-electron chi connectivity index (χ1n) is 7.08. The van der Waals surface area contributed by atoms with E-state index in [2.05, 4.69) is 28.7 Å². The number of rotatable bonds is 4. The summed E-state index contributed by atoms with van der Waals surface area (Å²) in [6.45, 7) is 5.28. The van der Waals surface area contributed by atoms with Gasteiger partial charge in [0.1, 0.15) is 6.20 Å². The molecule has 2 rings (SSSR count). The minimum atomic E-state index is -0.554. The first-order valence-corrected chi connectivity index (χ1v) is 7.08. The topological polar surface area (TPSA) is 98.2 Å². The van der Waals surface area contributed by atoms with Crippen LogP contribution in [0.15, 0.2) is 6.20 Å². The summed E-state index contributed by atoms with van der Waals surface area (Å²) in [7, 11) is 0. The summed E-state index contributed by atoms with van der Waals surface area (Å²) >= 11 is 0. The van der Waals surface area contributed by atoms with Crippen molar-refractivity contribution in [2.45, 2.75) is 45.6 Å². The maximum Gasteiger partial charge on any atom is 0.329 e. The van der Waals surface area contributed by atoms with E-state index in [1.807, 2.05) is 0 Å². The molecule has 0 radical (unpaired) electrons. The standard InChI is InChI=1S/C13H21N5O2/c1-3-5-10-9(2)6-4-7-17(10)13-15-8-11(18(19)20)12(14)16-13/h8-10H,3-7H2,1-2H3,(H2,14,15,16). The number of nitro groups is 1. The second-order valence-corrected chi connectivity index (χ2v) is 5.37. The SMILES string of the molecule is CCCC1C(C)CCCN1c1ncc([N+](=O)[O-])c(N)n1. The normalized spacial score (nSPS) is 22.8. The molecule has 20 heavy (non-hydrogen) atoms. The van der Waals surface area contributed by atoms with Crippen LogP contribution in [0.1, 0.15) is 39.5 Å². The van der Waals surface area contributed by atoms with Gasteiger partial charge in [0.25, 0.3) is 0 Å². The number of hydrogen-bond donors (Lipinski definition) is 1. The Hall–Kier alpha value is -1.92. The molecule has 0 aromatic carbocycles. The molecule has 2 unspecified atom stereocenters. The largest absolute Gasteiger partial charge is 0.378 e. The first kappa shape index (κ1) is 14.5. The molecule has 1 aromatic rings. The van der Waals surface area contributed by atoms with Crippen LogP contribution in [0.3, 0.4) is 0 Å². The average molecular weight is 279 g/mol. The van der Waals surface area contributed by atoms with Crippen molar-refractivity contribution < 1.29 is 4.92 Å². The molecule has 2 heterocycles. The van der Waals surface area contributed by atoms with Crippen LogP contribution in [-0.2, 0) is 0 Å². The van der Waals surface area contributed by atoms with Gasteiger partial charge in [0.15, 0.2) is 0 Å². The maximum absolute atomic E-state index is 10.8. The highest BCUT2D eigenvalue weighted by atomic mass is 16.6. The smallest absolute Gasteiger partial charge is 0.329 e. The molecule has 7 heteroatoms. The number of piperidine rings is 1. The monoisotopic (exact) mass is 279 g/mol. The fourth-order valence-electron chi connectivity index (χ4n) is 2.89. The lowest BCUT2D eigenvalue weighted by Gasteiger charge is -2.40. The van der Waals surface area contributed by atoms with Crippen LogP contribution in [0.4, 0.5) is 17.5 Å². The summed E-state index contributed by atoms with van der Waals surface area (Å²) in [6.07, 6.45) is 5.65. The molecule has 110 valence electrons. The number of anilines is 2. The van der Waals surface area contributed by atoms with Crippen LogP contribution >= 0.6 is 0 Å². The molecule has 0 aliphatic carbocycles. The quantitative estimate of drug-likeness (QED) is 0.671. The van der Waals surface area contributed by atoms with Crippen molar-refractivity contribution in [3.63, 3.8) is 0 Å². The molecule has 7 nitrogen and oxygen atoms in total. The lowest BCUT2D eigenvalue weighted by molar-refractivity contribution is -0.384. The molecule has 1 aliphatic rings. The van der Waals surface area contributed by atoms with Crippen molar-refractivity contribution >= 4 is 17.5 Å². The average Bonchev–Trinajstić information content (AvgIpc) is 2.40. The van der Waals surface area contributed by atoms with Crippen LogP contribution in [0.2, 0.25) is 0 Å². The molecule has 1 fully saturated rings. The van der Waals surface area contributed by atoms with Gasteiger partial charge in [-0.25, -0.2) is 4.98 Å². The summed E-state index contributed by atoms with van der Waals surface area (Å²) in [5.41, 5.74) is 5.43. The Morgan fingerprint density at radius 3 is 2.95 bits per heavy atom. The fraction of sp³-hybridized carbons (Fsp3) is 0.692. The van der Waals surface area contributed by atoms with Gasteiger partial charge in [-0.05, 0) is 25.2 Å². The van der Waals surface area contributed by atoms with Crippen LogP contribution in [0.5, 0.6) is 0 Å². The highest BCUT2D eigenvalue weighted by Gasteiger charge is 2.30. The van der Waals surface area contributed by atoms with E-state index < -0.39 is 4.92 Å². The third-order valence-corrected chi connectivity index (χ3v) is 3.94. The van der Waals surface area contributed by atoms with E-state index in [1.54, 1.807) is 0 Å². The Morgan fingerprint density at radius 1 is 1.60 bits per heavy atom. The van der Waals surface area contributed by atoms with Crippen LogP contribution in [0, 0.1) is 16.0 Å². The predicted molar refractivity (Wildman–Crippen MR) is 77.5 cm³/mol. The number of nitrogens with zero attached hydrogens (tertiary/aromatic N) is 4. The van der Waals surface area contributed by atoms with Crippen LogP contribution in [-0.4, -0.2) is 27.5 Å². The van der Waals surface area contributed by atoms with E-state index in [-0.39, 0.29) is 11.5 Å². The third kappa shape index (κ3) is 2.81. The molecule has 1 aliphatic heterocycles. The lowest BCUT2D eigenvalue weighted by atomic mass is 9.88. The second kappa shape index (κ2) is 6.02. The van der Waals surface area contributed by atoms with E-state index >= 15 is 0 Å². The van der Waals surface area contributed by atoms with Gasteiger partial charge in [0.2, 0.25) is 11.8 Å². The zero-order valence-electron chi connectivity index (χ0n) is 12.0. The molecule has 1 saturated heterocycles. The van der Waals surface area contributed by atoms with Gasteiger partial charge in [-0.3, -0.25) is 10.1 Å². The van der Waals surface area contributed by atoms with Crippen molar-refractivity contribution in [2.24, 2.45) is 5.92 Å². The van der Waals surface area contributed by atoms with Crippen LogP contribution < -0.4 is 10.6 Å². The Morgan fingerprint density at radius 2 is 2.35 bits per heavy atom. The Labute approximate surface area is 118 Å². The minimum absolute atomic E-state index is 0.0616. The summed E-state index contributed by atoms with van der Waals surface area (Å²) in [5, 5.41) is 10.8. The molecular weight excluding hydrogens is 258 g/mol. The van der Waals surface area contributed by atoms with Crippen molar-refractivity contribution in [1.82, 2.24) is 9.97 Å². The van der Waals surface area contributed by atoms with E-state index in [0.717, 1.165) is 25.8 Å². The fourth-order valence-corrected chi connectivity index (χ4v) is 2.89. The maximum atomic E-state index is 10.8. The first-order chi connectivity index (χ1) is 9.54. The van der Waals surface area contributed by atoms with Gasteiger partial charge >= 0.3 is 5.69 Å². The summed E-state index contributed by atoms with van der Waals surface area (Å²) < 4.78 is 0. The van der Waals surface area contributed by atoms with Gasteiger partial charge in [0, 0.05) is 12.6 Å². The highest BCUT2D eigenvalue weighted by molar-refractivity contribution is 5.54. The number of aromatic nitrogens is 2. The highest BCUT2D eigenvalue weighted by Crippen LogP contribution is 2.30. The third-order valence-electron chi connectivity index (χ3n) is 3.94. The van der Waals surface area contributed by atoms with Crippen molar-refractivity contribution in [1.29, 1.82) is 0 Å². The van der Waals surface area contributed by atoms with Gasteiger partial charge < -0.3 is 10.6 Å². The number of nitrogens with two attached hydrogens (primary N) is 1. The van der Waals surface area contributed by atoms with E-state index in [1.165, 1.54) is 12.6 Å². The van der Waals surface area contributed by atoms with Crippen LogP contribution in [0.25, 0.3) is 0 Å². The molecule has 0 spiro atoms. The van der Waals surface area contributed by atoms with E-state index in [0.29, 0.717) is 17.9 Å². The Balaban J connectivity index is 2.28. The van der Waals surface area contributed by atoms with Crippen molar-refractivity contribution in [3.05, 3.63) is 16.3 Å². The molecule has 0 amide bonds. The molecular formula is C13H21N5O2. The molecule has 0 saturated carbocycles. The molecule has 0 bridgehead atoms. The second-order valence-electron chi connectivity index (χ2n) is 5.37. The van der Waals surface area contributed by atoms with Crippen molar-refractivity contribution in [2.75, 3.05) is 17.2 Å². The minimum Gasteiger partial charge on any atom is -0.378 e. The molecule has 2 N–H and O–H groups in total. The summed E-state index contributed by atoms with van der Waals surface area (Å²) in [4.78, 5) is 20.6. The molecule has 1 aromatic heterocycles. The van der Waals surface area contributed by atoms with Gasteiger partial charge in [-0.1, -0.05) is 20.3 Å². The van der Waals surface area contributed by atoms with Gasteiger partial charge in [-0.2, -0.15) is 4.98 Å². The predicted octanol–water partition coefficient (Wildman–Crippen LogP) is 2.37. The lowest BCUT2D eigenvalue weighted by Crippen LogP contribution is -2.45.